The van der Waals surface area contributed by atoms with Crippen molar-refractivity contribution in [2.75, 3.05) is 64.9 Å². The number of carbonyl (C=O) groups excluding carboxylic acids is 3. The third kappa shape index (κ3) is 7.34. The van der Waals surface area contributed by atoms with Crippen molar-refractivity contribution >= 4 is 34.2 Å². The molecule has 1 aliphatic carbocycles. The van der Waals surface area contributed by atoms with E-state index in [2.05, 4.69) is 61.2 Å². The predicted molar refractivity (Wildman–Crippen MR) is 221 cm³/mol. The van der Waals surface area contributed by atoms with Crippen LogP contribution >= 0.6 is 0 Å². The van der Waals surface area contributed by atoms with E-state index in [9.17, 15) is 19.2 Å². The molecule has 58 heavy (non-hydrogen) atoms. The Kier molecular flexibility index (Phi) is 10.2. The highest BCUT2D eigenvalue weighted by Gasteiger charge is 2.41. The number of pyridine rings is 2. The fourth-order valence-corrected chi connectivity index (χ4v) is 9.47. The van der Waals surface area contributed by atoms with Crippen molar-refractivity contribution in [3.05, 3.63) is 81.5 Å². The molecule has 13 heteroatoms. The van der Waals surface area contributed by atoms with E-state index in [1.54, 1.807) is 31.5 Å². The first-order valence-electron chi connectivity index (χ1n) is 20.9. The standard InChI is InChI=1S/C45H53N7O6/c1-45(11-12-45)40-23-33-34(24-47-42(54)35(33)25-46-40)29-21-38(57-2)36(39(22-29)58-3)27-50-14-9-28(10-15-50)8-13-49-16-18-51(19-17-49)31-4-5-32-30(20-31)26-52(44(32)56)37-6-7-41(53)48-43(37)55/h4-5,20-25,28,37H,6-19,26-27H2,1-3H3,(H,47,54)(H,48,53,55). The van der Waals surface area contributed by atoms with E-state index in [0.29, 0.717) is 29.8 Å². The second-order valence-electron chi connectivity index (χ2n) is 17.1. The van der Waals surface area contributed by atoms with Gasteiger partial charge >= 0.3 is 0 Å². The normalized spacial score (nSPS) is 21.4. The van der Waals surface area contributed by atoms with E-state index >= 15 is 0 Å². The lowest BCUT2D eigenvalue weighted by Gasteiger charge is -2.38. The van der Waals surface area contributed by atoms with Crippen molar-refractivity contribution < 1.29 is 23.9 Å². The molecule has 0 spiro atoms. The average molecular weight is 788 g/mol. The van der Waals surface area contributed by atoms with Crippen LogP contribution in [0.4, 0.5) is 5.69 Å². The summed E-state index contributed by atoms with van der Waals surface area (Å²) in [5, 5.41) is 3.85. The van der Waals surface area contributed by atoms with Crippen LogP contribution in [0.3, 0.4) is 0 Å². The number of H-pyrrole nitrogens is 1. The molecular weight excluding hydrogens is 735 g/mol. The average Bonchev–Trinajstić information content (AvgIpc) is 3.92. The zero-order valence-corrected chi connectivity index (χ0v) is 33.8. The Morgan fingerprint density at radius 1 is 0.845 bits per heavy atom. The number of methoxy groups -OCH3 is 2. The summed E-state index contributed by atoms with van der Waals surface area (Å²) >= 11 is 0. The summed E-state index contributed by atoms with van der Waals surface area (Å²) in [5.41, 5.74) is 6.58. The minimum absolute atomic E-state index is 0.0831. The zero-order chi connectivity index (χ0) is 40.1. The number of hydrogen-bond acceptors (Lipinski definition) is 10. The summed E-state index contributed by atoms with van der Waals surface area (Å²) in [5.74, 6) is 1.46. The van der Waals surface area contributed by atoms with Gasteiger partial charge in [0.15, 0.2) is 0 Å². The summed E-state index contributed by atoms with van der Waals surface area (Å²) in [6.45, 7) is 10.4. The molecule has 0 bridgehead atoms. The summed E-state index contributed by atoms with van der Waals surface area (Å²) in [7, 11) is 3.42. The van der Waals surface area contributed by atoms with Gasteiger partial charge in [-0.1, -0.05) is 6.92 Å². The number of rotatable bonds is 11. The number of amides is 3. The van der Waals surface area contributed by atoms with Crippen molar-refractivity contribution in [2.24, 2.45) is 5.92 Å². The van der Waals surface area contributed by atoms with E-state index in [1.807, 2.05) is 12.1 Å². The van der Waals surface area contributed by atoms with Gasteiger partial charge < -0.3 is 24.3 Å². The van der Waals surface area contributed by atoms with Crippen LogP contribution in [0.15, 0.2) is 53.6 Å². The number of ether oxygens (including phenoxy) is 2. The van der Waals surface area contributed by atoms with Crippen LogP contribution in [0.5, 0.6) is 11.5 Å². The Labute approximate surface area is 338 Å². The lowest BCUT2D eigenvalue weighted by Crippen LogP contribution is -2.52. The molecule has 4 aliphatic heterocycles. The number of piperazine rings is 1. The van der Waals surface area contributed by atoms with E-state index in [1.165, 1.54) is 6.42 Å². The van der Waals surface area contributed by atoms with E-state index in [0.717, 1.165) is 129 Å². The highest BCUT2D eigenvalue weighted by Crippen LogP contribution is 2.47. The highest BCUT2D eigenvalue weighted by atomic mass is 16.5. The van der Waals surface area contributed by atoms with Gasteiger partial charge in [0.25, 0.3) is 11.5 Å². The molecule has 304 valence electrons. The molecule has 0 radical (unpaired) electrons. The lowest BCUT2D eigenvalue weighted by atomic mass is 9.92. The second-order valence-corrected chi connectivity index (χ2v) is 17.1. The highest BCUT2D eigenvalue weighted by molar-refractivity contribution is 6.05. The van der Waals surface area contributed by atoms with Gasteiger partial charge in [-0.05, 0) is 117 Å². The maximum atomic E-state index is 13.2. The number of likely N-dealkylation sites (tertiary alicyclic amines) is 1. The SMILES string of the molecule is COc1cc(-c2c[nH]c(=O)c3cnc(C4(C)CC4)cc23)cc(OC)c1CN1CCC(CCN2CCN(c3ccc4c(c3)CN(C3CCC(=O)NC3=O)C4=O)CC2)CC1. The number of aromatic nitrogens is 2. The van der Waals surface area contributed by atoms with Crippen molar-refractivity contribution in [3.8, 4) is 22.6 Å². The molecule has 1 atom stereocenters. The number of hydrogen-bond donors (Lipinski definition) is 2. The van der Waals surface area contributed by atoms with Crippen molar-refractivity contribution in [2.45, 2.75) is 76.4 Å². The minimum Gasteiger partial charge on any atom is -0.496 e. The van der Waals surface area contributed by atoms with Gasteiger partial charge in [-0.15, -0.1) is 0 Å². The molecule has 2 N–H and O–H groups in total. The van der Waals surface area contributed by atoms with Gasteiger partial charge in [-0.3, -0.25) is 39.3 Å². The van der Waals surface area contributed by atoms with Gasteiger partial charge in [-0.25, -0.2) is 0 Å². The Hall–Kier alpha value is -5.27. The number of piperidine rings is 2. The number of aromatic amines is 1. The number of benzene rings is 2. The smallest absolute Gasteiger partial charge is 0.257 e. The Bertz CT molecular complexity index is 2300. The molecule has 6 heterocycles. The van der Waals surface area contributed by atoms with Gasteiger partial charge in [0, 0.05) is 86.0 Å². The maximum Gasteiger partial charge on any atom is 0.257 e. The molecule has 13 nitrogen and oxygen atoms in total. The summed E-state index contributed by atoms with van der Waals surface area (Å²) in [6.07, 6.45) is 9.86. The van der Waals surface area contributed by atoms with Crippen LogP contribution in [0.2, 0.25) is 0 Å². The predicted octanol–water partition coefficient (Wildman–Crippen LogP) is 4.84. The third-order valence-corrected chi connectivity index (χ3v) is 13.5. The molecule has 4 fully saturated rings. The van der Waals surface area contributed by atoms with Crippen LogP contribution in [0.25, 0.3) is 21.9 Å². The van der Waals surface area contributed by atoms with E-state index < -0.39 is 6.04 Å². The van der Waals surface area contributed by atoms with Crippen molar-refractivity contribution in [3.63, 3.8) is 0 Å². The summed E-state index contributed by atoms with van der Waals surface area (Å²) in [4.78, 5) is 66.7. The molecule has 1 unspecified atom stereocenters. The van der Waals surface area contributed by atoms with Gasteiger partial charge in [0.05, 0.1) is 25.2 Å². The Morgan fingerprint density at radius 2 is 1.59 bits per heavy atom. The van der Waals surface area contributed by atoms with Crippen molar-refractivity contribution in [1.82, 2.24) is 30.0 Å². The minimum atomic E-state index is -0.596. The molecule has 5 aliphatic rings. The first-order chi connectivity index (χ1) is 28.1. The van der Waals surface area contributed by atoms with E-state index in [-0.39, 0.29) is 35.1 Å². The fourth-order valence-electron chi connectivity index (χ4n) is 9.47. The molecular formula is C45H53N7O6. The molecule has 2 aromatic carbocycles. The first-order valence-corrected chi connectivity index (χ1v) is 20.9. The maximum absolute atomic E-state index is 13.2. The fraction of sp³-hybridized carbons (Fsp3) is 0.489. The molecule has 1 saturated carbocycles. The number of imide groups is 1. The molecule has 3 saturated heterocycles. The van der Waals surface area contributed by atoms with Crippen LogP contribution in [0.1, 0.15) is 79.0 Å². The van der Waals surface area contributed by atoms with Gasteiger partial charge in [0.1, 0.15) is 17.5 Å². The first kappa shape index (κ1) is 38.3. The third-order valence-electron chi connectivity index (χ3n) is 13.5. The second kappa shape index (κ2) is 15.5. The van der Waals surface area contributed by atoms with Gasteiger partial charge in [0.2, 0.25) is 11.8 Å². The molecule has 4 aromatic rings. The molecule has 9 rings (SSSR count). The Morgan fingerprint density at radius 3 is 2.28 bits per heavy atom. The largest absolute Gasteiger partial charge is 0.496 e. The Balaban J connectivity index is 0.775. The number of nitrogens with zero attached hydrogens (tertiary/aromatic N) is 5. The summed E-state index contributed by atoms with van der Waals surface area (Å²) < 4.78 is 12.0. The molecule has 3 amide bonds. The number of nitrogens with one attached hydrogen (secondary N) is 2. The zero-order valence-electron chi connectivity index (χ0n) is 33.8. The van der Waals surface area contributed by atoms with E-state index in [4.69, 9.17) is 9.47 Å². The number of anilines is 1. The lowest BCUT2D eigenvalue weighted by molar-refractivity contribution is -0.136. The van der Waals surface area contributed by atoms with Crippen molar-refractivity contribution in [1.29, 1.82) is 0 Å². The topological polar surface area (TPSA) is 140 Å². The quantitative estimate of drug-likeness (QED) is 0.203. The summed E-state index contributed by atoms with van der Waals surface area (Å²) in [6, 6.07) is 11.7. The van der Waals surface area contributed by atoms with Crippen LogP contribution in [-0.2, 0) is 28.1 Å². The number of fused-ring (bicyclic) bond motifs is 2. The number of carbonyl (C=O) groups is 3. The molecule has 2 aromatic heterocycles. The van der Waals surface area contributed by atoms with Crippen LogP contribution in [0, 0.1) is 5.92 Å². The monoisotopic (exact) mass is 787 g/mol. The van der Waals surface area contributed by atoms with Crippen LogP contribution < -0.4 is 25.2 Å². The van der Waals surface area contributed by atoms with Crippen LogP contribution in [-0.4, -0.2) is 108 Å². The van der Waals surface area contributed by atoms with Gasteiger partial charge in [-0.2, -0.15) is 0 Å².